The Bertz CT molecular complexity index is 838. The van der Waals surface area contributed by atoms with Crippen LogP contribution >= 0.6 is 0 Å². The van der Waals surface area contributed by atoms with Crippen LogP contribution in [0.4, 0.5) is 5.69 Å². The van der Waals surface area contributed by atoms with Crippen LogP contribution in [-0.4, -0.2) is 15.7 Å². The summed E-state index contributed by atoms with van der Waals surface area (Å²) in [6.07, 6.45) is 6.32. The Morgan fingerprint density at radius 2 is 1.96 bits per heavy atom. The Morgan fingerprint density at radius 3 is 2.75 bits per heavy atom. The van der Waals surface area contributed by atoms with Crippen molar-refractivity contribution in [2.24, 2.45) is 0 Å². The number of carbonyl (C=O) groups is 1. The Hall–Kier alpha value is -2.88. The molecule has 24 heavy (non-hydrogen) atoms. The molecule has 0 fully saturated rings. The molecule has 0 bridgehead atoms. The highest BCUT2D eigenvalue weighted by Crippen LogP contribution is 2.35. The number of amides is 1. The summed E-state index contributed by atoms with van der Waals surface area (Å²) in [5.41, 5.74) is 4.52. The Kier molecular flexibility index (Phi) is 3.87. The van der Waals surface area contributed by atoms with E-state index >= 15 is 0 Å². The molecule has 4 heteroatoms. The summed E-state index contributed by atoms with van der Waals surface area (Å²) in [6.45, 7) is 0. The lowest BCUT2D eigenvalue weighted by Gasteiger charge is -2.12. The lowest BCUT2D eigenvalue weighted by Crippen LogP contribution is -2.14. The lowest BCUT2D eigenvalue weighted by molar-refractivity contribution is -0.116. The molecule has 1 aromatic heterocycles. The number of aromatic nitrogens is 2. The minimum absolute atomic E-state index is 0.0727. The molecule has 1 aliphatic rings. The number of benzene rings is 2. The van der Waals surface area contributed by atoms with E-state index in [4.69, 9.17) is 0 Å². The number of nitrogens with zero attached hydrogens (tertiary/aromatic N) is 2. The molecule has 2 aromatic carbocycles. The average molecular weight is 317 g/mol. The van der Waals surface area contributed by atoms with E-state index in [1.54, 1.807) is 10.9 Å². The third kappa shape index (κ3) is 2.95. The molecule has 1 N–H and O–H groups in total. The standard InChI is InChI=1S/C20H19N3O/c24-20(14-16-7-6-15-4-1-2-5-19(15)16)22-17-8-10-18(11-9-17)23-13-3-12-21-23/h1-5,8-13,16H,6-7,14H2,(H,22,24). The van der Waals surface area contributed by atoms with Gasteiger partial charge in [0, 0.05) is 24.5 Å². The average Bonchev–Trinajstić information content (AvgIpc) is 3.26. The molecule has 0 spiro atoms. The molecule has 1 heterocycles. The van der Waals surface area contributed by atoms with Crippen molar-refractivity contribution in [1.82, 2.24) is 9.78 Å². The van der Waals surface area contributed by atoms with Crippen molar-refractivity contribution in [2.45, 2.75) is 25.2 Å². The van der Waals surface area contributed by atoms with Gasteiger partial charge >= 0.3 is 0 Å². The normalized spacial score (nSPS) is 15.9. The molecule has 1 amide bonds. The highest BCUT2D eigenvalue weighted by molar-refractivity contribution is 5.91. The van der Waals surface area contributed by atoms with Gasteiger partial charge in [-0.3, -0.25) is 4.79 Å². The maximum atomic E-state index is 12.4. The van der Waals surface area contributed by atoms with Crippen LogP contribution in [0, 0.1) is 0 Å². The summed E-state index contributed by atoms with van der Waals surface area (Å²) in [7, 11) is 0. The largest absolute Gasteiger partial charge is 0.326 e. The number of carbonyl (C=O) groups excluding carboxylic acids is 1. The van der Waals surface area contributed by atoms with Crippen molar-refractivity contribution >= 4 is 11.6 Å². The second-order valence-electron chi connectivity index (χ2n) is 6.18. The molecule has 0 saturated carbocycles. The van der Waals surface area contributed by atoms with E-state index < -0.39 is 0 Å². The van der Waals surface area contributed by atoms with Gasteiger partial charge in [-0.2, -0.15) is 5.10 Å². The second kappa shape index (κ2) is 6.32. The van der Waals surface area contributed by atoms with Gasteiger partial charge in [0.2, 0.25) is 5.91 Å². The van der Waals surface area contributed by atoms with Crippen molar-refractivity contribution in [3.05, 3.63) is 78.1 Å². The fourth-order valence-corrected chi connectivity index (χ4v) is 3.41. The van der Waals surface area contributed by atoms with Crippen LogP contribution in [0.5, 0.6) is 0 Å². The van der Waals surface area contributed by atoms with Crippen molar-refractivity contribution in [3.63, 3.8) is 0 Å². The SMILES string of the molecule is O=C(CC1CCc2ccccc21)Nc1ccc(-n2cccn2)cc1. The number of anilines is 1. The van der Waals surface area contributed by atoms with Gasteiger partial charge in [-0.25, -0.2) is 4.68 Å². The molecule has 4 nitrogen and oxygen atoms in total. The van der Waals surface area contributed by atoms with Crippen LogP contribution in [0.15, 0.2) is 67.0 Å². The van der Waals surface area contributed by atoms with E-state index in [1.807, 2.05) is 36.5 Å². The van der Waals surface area contributed by atoms with Crippen LogP contribution in [0.3, 0.4) is 0 Å². The molecule has 120 valence electrons. The first kappa shape index (κ1) is 14.7. The minimum Gasteiger partial charge on any atom is -0.326 e. The number of rotatable bonds is 4. The summed E-state index contributed by atoms with van der Waals surface area (Å²) in [6, 6.07) is 18.1. The van der Waals surface area contributed by atoms with Crippen molar-refractivity contribution in [1.29, 1.82) is 0 Å². The topological polar surface area (TPSA) is 46.9 Å². The predicted molar refractivity (Wildman–Crippen MR) is 94.3 cm³/mol. The third-order valence-electron chi connectivity index (χ3n) is 4.61. The second-order valence-corrected chi connectivity index (χ2v) is 6.18. The lowest BCUT2D eigenvalue weighted by atomic mass is 9.97. The van der Waals surface area contributed by atoms with Gasteiger partial charge in [0.05, 0.1) is 5.69 Å². The predicted octanol–water partition coefficient (Wildman–Crippen LogP) is 3.93. The quantitative estimate of drug-likeness (QED) is 0.792. The van der Waals surface area contributed by atoms with Crippen LogP contribution in [-0.2, 0) is 11.2 Å². The zero-order valence-electron chi connectivity index (χ0n) is 13.4. The molecule has 0 radical (unpaired) electrons. The molecule has 1 unspecified atom stereocenters. The first-order valence-electron chi connectivity index (χ1n) is 8.27. The van der Waals surface area contributed by atoms with Crippen molar-refractivity contribution in [2.75, 3.05) is 5.32 Å². The van der Waals surface area contributed by atoms with Gasteiger partial charge in [0.15, 0.2) is 0 Å². The number of hydrogen-bond acceptors (Lipinski definition) is 2. The molecular weight excluding hydrogens is 298 g/mol. The molecule has 4 rings (SSSR count). The summed E-state index contributed by atoms with van der Waals surface area (Å²) in [4.78, 5) is 12.4. The summed E-state index contributed by atoms with van der Waals surface area (Å²) in [5.74, 6) is 0.410. The van der Waals surface area contributed by atoms with Gasteiger partial charge in [-0.05, 0) is 60.2 Å². The zero-order chi connectivity index (χ0) is 16.4. The Balaban J connectivity index is 1.40. The van der Waals surface area contributed by atoms with E-state index in [2.05, 4.69) is 34.7 Å². The number of aryl methyl sites for hydroxylation is 1. The van der Waals surface area contributed by atoms with Gasteiger partial charge in [0.1, 0.15) is 0 Å². The number of nitrogens with one attached hydrogen (secondary N) is 1. The van der Waals surface area contributed by atoms with Gasteiger partial charge < -0.3 is 5.32 Å². The van der Waals surface area contributed by atoms with E-state index in [9.17, 15) is 4.79 Å². The summed E-state index contributed by atoms with van der Waals surface area (Å²) >= 11 is 0. The van der Waals surface area contributed by atoms with Crippen LogP contribution in [0.25, 0.3) is 5.69 Å². The molecule has 1 atom stereocenters. The van der Waals surface area contributed by atoms with Crippen LogP contribution in [0.1, 0.15) is 29.9 Å². The Morgan fingerprint density at radius 1 is 1.12 bits per heavy atom. The van der Waals surface area contributed by atoms with Gasteiger partial charge in [0.25, 0.3) is 0 Å². The molecule has 0 aliphatic heterocycles. The number of hydrogen-bond donors (Lipinski definition) is 1. The molecular formula is C20H19N3O. The van der Waals surface area contributed by atoms with Crippen molar-refractivity contribution < 1.29 is 4.79 Å². The Labute approximate surface area is 141 Å². The fourth-order valence-electron chi connectivity index (χ4n) is 3.41. The molecule has 3 aromatic rings. The first-order valence-corrected chi connectivity index (χ1v) is 8.27. The van der Waals surface area contributed by atoms with E-state index in [1.165, 1.54) is 11.1 Å². The van der Waals surface area contributed by atoms with Crippen LogP contribution < -0.4 is 5.32 Å². The zero-order valence-corrected chi connectivity index (χ0v) is 13.4. The number of fused-ring (bicyclic) bond motifs is 1. The smallest absolute Gasteiger partial charge is 0.224 e. The fraction of sp³-hybridized carbons (Fsp3) is 0.200. The molecule has 0 saturated heterocycles. The summed E-state index contributed by atoms with van der Waals surface area (Å²) in [5, 5.41) is 7.20. The van der Waals surface area contributed by atoms with Crippen molar-refractivity contribution in [3.8, 4) is 5.69 Å². The maximum Gasteiger partial charge on any atom is 0.224 e. The first-order chi connectivity index (χ1) is 11.8. The molecule has 1 aliphatic carbocycles. The minimum atomic E-state index is 0.0727. The van der Waals surface area contributed by atoms with E-state index in [-0.39, 0.29) is 5.91 Å². The maximum absolute atomic E-state index is 12.4. The monoisotopic (exact) mass is 317 g/mol. The highest BCUT2D eigenvalue weighted by atomic mass is 16.1. The van der Waals surface area contributed by atoms with Gasteiger partial charge in [-0.1, -0.05) is 24.3 Å². The van der Waals surface area contributed by atoms with Crippen LogP contribution in [0.2, 0.25) is 0 Å². The highest BCUT2D eigenvalue weighted by Gasteiger charge is 2.24. The van der Waals surface area contributed by atoms with E-state index in [0.717, 1.165) is 24.2 Å². The van der Waals surface area contributed by atoms with E-state index in [0.29, 0.717) is 12.3 Å². The van der Waals surface area contributed by atoms with Gasteiger partial charge in [-0.15, -0.1) is 0 Å². The third-order valence-corrected chi connectivity index (χ3v) is 4.61. The summed E-state index contributed by atoms with van der Waals surface area (Å²) < 4.78 is 1.79.